The normalized spacial score (nSPS) is 20.1. The number of aromatic amines is 1. The molecule has 9 heteroatoms. The number of aromatic nitrogens is 1. The van der Waals surface area contributed by atoms with Gasteiger partial charge in [0.1, 0.15) is 23.5 Å². The number of benzene rings is 2. The maximum atomic E-state index is 14.0. The standard InChI is InChI=1S/C31H35N5O4/c1-40-28-14-8-13-25-24(28)17-26(34-25)30(38)35-27(15-20-9-4-2-5-10-20)31(39)36-19-21(16-23(36)18-32)29(37)33-22-11-6-3-7-12-22/h3,6-8,11-14,17,20-21,23,27,34H,2,4-5,9-10,15-16,19H2,1H3,(H,33,37)(H,35,38). The minimum atomic E-state index is -0.796. The summed E-state index contributed by atoms with van der Waals surface area (Å²) in [6.07, 6.45) is 6.16. The Balaban J connectivity index is 1.34. The second-order valence-electron chi connectivity index (χ2n) is 10.8. The second kappa shape index (κ2) is 12.2. The number of fused-ring (bicyclic) bond motifs is 1. The molecule has 3 N–H and O–H groups in total. The Morgan fingerprint density at radius 3 is 2.60 bits per heavy atom. The number of carbonyl (C=O) groups is 3. The highest BCUT2D eigenvalue weighted by Crippen LogP contribution is 2.31. The Bertz CT molecular complexity index is 1410. The lowest BCUT2D eigenvalue weighted by atomic mass is 9.84. The molecule has 3 atom stereocenters. The Morgan fingerprint density at radius 2 is 1.88 bits per heavy atom. The number of H-pyrrole nitrogens is 1. The average Bonchev–Trinajstić information content (AvgIpc) is 3.62. The van der Waals surface area contributed by atoms with Gasteiger partial charge in [-0.15, -0.1) is 0 Å². The van der Waals surface area contributed by atoms with Gasteiger partial charge in [0.25, 0.3) is 5.91 Å². The van der Waals surface area contributed by atoms with Crippen LogP contribution in [0.1, 0.15) is 55.4 Å². The molecule has 2 fully saturated rings. The van der Waals surface area contributed by atoms with Crippen LogP contribution in [0.5, 0.6) is 5.75 Å². The first-order valence-corrected chi connectivity index (χ1v) is 14.0. The van der Waals surface area contributed by atoms with Crippen LogP contribution in [-0.2, 0) is 9.59 Å². The number of anilines is 1. The number of amides is 3. The zero-order valence-electron chi connectivity index (χ0n) is 22.7. The van der Waals surface area contributed by atoms with E-state index in [4.69, 9.17) is 4.74 Å². The van der Waals surface area contributed by atoms with Crippen molar-refractivity contribution in [2.24, 2.45) is 11.8 Å². The molecule has 2 aliphatic rings. The van der Waals surface area contributed by atoms with Crippen LogP contribution in [0.2, 0.25) is 0 Å². The highest BCUT2D eigenvalue weighted by Gasteiger charge is 2.42. The Hall–Kier alpha value is -4.32. The van der Waals surface area contributed by atoms with E-state index in [9.17, 15) is 19.6 Å². The van der Waals surface area contributed by atoms with E-state index in [0.717, 1.165) is 36.6 Å². The number of ether oxygens (including phenoxy) is 1. The summed E-state index contributed by atoms with van der Waals surface area (Å²) in [5.74, 6) is -0.474. The fourth-order valence-corrected chi connectivity index (χ4v) is 6.00. The zero-order valence-corrected chi connectivity index (χ0v) is 22.7. The third-order valence-corrected chi connectivity index (χ3v) is 8.13. The molecular weight excluding hydrogens is 506 g/mol. The van der Waals surface area contributed by atoms with Gasteiger partial charge in [0.05, 0.1) is 19.1 Å². The van der Waals surface area contributed by atoms with Crippen LogP contribution in [0.4, 0.5) is 5.69 Å². The highest BCUT2D eigenvalue weighted by atomic mass is 16.5. The van der Waals surface area contributed by atoms with E-state index in [2.05, 4.69) is 21.7 Å². The summed E-state index contributed by atoms with van der Waals surface area (Å²) in [6, 6.07) is 17.1. The van der Waals surface area contributed by atoms with Crippen LogP contribution in [0.15, 0.2) is 54.6 Å². The molecule has 9 nitrogen and oxygen atoms in total. The zero-order chi connectivity index (χ0) is 28.1. The van der Waals surface area contributed by atoms with Crippen molar-refractivity contribution in [2.75, 3.05) is 19.0 Å². The minimum Gasteiger partial charge on any atom is -0.496 e. The summed E-state index contributed by atoms with van der Waals surface area (Å²) in [5, 5.41) is 16.5. The van der Waals surface area contributed by atoms with E-state index >= 15 is 0 Å². The molecule has 3 unspecified atom stereocenters. The number of carbonyl (C=O) groups excluding carboxylic acids is 3. The number of nitrogens with zero attached hydrogens (tertiary/aromatic N) is 2. The van der Waals surface area contributed by atoms with Gasteiger partial charge < -0.3 is 25.3 Å². The van der Waals surface area contributed by atoms with Gasteiger partial charge in [-0.25, -0.2) is 0 Å². The number of hydrogen-bond donors (Lipinski definition) is 3. The fraction of sp³-hybridized carbons (Fsp3) is 0.419. The largest absolute Gasteiger partial charge is 0.496 e. The number of likely N-dealkylation sites (tertiary alicyclic amines) is 1. The van der Waals surface area contributed by atoms with Crippen LogP contribution in [-0.4, -0.2) is 53.3 Å². The lowest BCUT2D eigenvalue weighted by molar-refractivity contribution is -0.134. The molecule has 1 aromatic heterocycles. The van der Waals surface area contributed by atoms with E-state index in [0.29, 0.717) is 29.5 Å². The van der Waals surface area contributed by atoms with Gasteiger partial charge in [-0.05, 0) is 49.1 Å². The van der Waals surface area contributed by atoms with Gasteiger partial charge >= 0.3 is 0 Å². The maximum Gasteiger partial charge on any atom is 0.268 e. The molecule has 2 aromatic carbocycles. The molecule has 1 saturated heterocycles. The first-order chi connectivity index (χ1) is 19.5. The molecule has 0 radical (unpaired) electrons. The molecule has 3 aromatic rings. The first kappa shape index (κ1) is 27.3. The number of hydrogen-bond acceptors (Lipinski definition) is 5. The van der Waals surface area contributed by atoms with Crippen LogP contribution in [0.3, 0.4) is 0 Å². The van der Waals surface area contributed by atoms with E-state index in [1.165, 1.54) is 11.3 Å². The number of nitriles is 1. The lowest BCUT2D eigenvalue weighted by Crippen LogP contribution is -2.51. The molecular formula is C31H35N5O4. The van der Waals surface area contributed by atoms with Crippen molar-refractivity contribution in [2.45, 2.75) is 57.0 Å². The molecule has 0 spiro atoms. The van der Waals surface area contributed by atoms with Crippen molar-refractivity contribution < 1.29 is 19.1 Å². The van der Waals surface area contributed by atoms with Gasteiger partial charge in [0.15, 0.2) is 0 Å². The quantitative estimate of drug-likeness (QED) is 0.383. The van der Waals surface area contributed by atoms with Crippen LogP contribution in [0.25, 0.3) is 10.9 Å². The first-order valence-electron chi connectivity index (χ1n) is 14.0. The lowest BCUT2D eigenvalue weighted by Gasteiger charge is -2.30. The summed E-state index contributed by atoms with van der Waals surface area (Å²) in [6.45, 7) is 0.135. The van der Waals surface area contributed by atoms with Gasteiger partial charge in [-0.1, -0.05) is 56.4 Å². The topological polar surface area (TPSA) is 127 Å². The number of methoxy groups -OCH3 is 1. The fourth-order valence-electron chi connectivity index (χ4n) is 6.00. The monoisotopic (exact) mass is 541 g/mol. The van der Waals surface area contributed by atoms with Crippen molar-refractivity contribution in [3.8, 4) is 11.8 Å². The van der Waals surface area contributed by atoms with Crippen molar-refractivity contribution in [1.29, 1.82) is 5.26 Å². The summed E-state index contributed by atoms with van der Waals surface area (Å²) in [7, 11) is 1.58. The average molecular weight is 542 g/mol. The predicted octanol–water partition coefficient (Wildman–Crippen LogP) is 4.62. The third-order valence-electron chi connectivity index (χ3n) is 8.13. The highest BCUT2D eigenvalue weighted by molar-refractivity contribution is 6.01. The summed E-state index contributed by atoms with van der Waals surface area (Å²) < 4.78 is 5.42. The summed E-state index contributed by atoms with van der Waals surface area (Å²) in [5.41, 5.74) is 1.76. The van der Waals surface area contributed by atoms with Crippen molar-refractivity contribution >= 4 is 34.3 Å². The molecule has 5 rings (SSSR count). The molecule has 3 amide bonds. The molecule has 1 aliphatic heterocycles. The van der Waals surface area contributed by atoms with Crippen LogP contribution in [0, 0.1) is 23.2 Å². The molecule has 0 bridgehead atoms. The van der Waals surface area contributed by atoms with E-state index in [1.54, 1.807) is 25.3 Å². The molecule has 1 aliphatic carbocycles. The molecule has 2 heterocycles. The van der Waals surface area contributed by atoms with E-state index < -0.39 is 23.9 Å². The van der Waals surface area contributed by atoms with Gasteiger partial charge in [0.2, 0.25) is 11.8 Å². The van der Waals surface area contributed by atoms with E-state index in [1.807, 2.05) is 36.4 Å². The van der Waals surface area contributed by atoms with Crippen molar-refractivity contribution in [3.05, 3.63) is 60.3 Å². The summed E-state index contributed by atoms with van der Waals surface area (Å²) >= 11 is 0. The predicted molar refractivity (Wildman–Crippen MR) is 152 cm³/mol. The van der Waals surface area contributed by atoms with Gasteiger partial charge in [-0.2, -0.15) is 5.26 Å². The summed E-state index contributed by atoms with van der Waals surface area (Å²) in [4.78, 5) is 45.0. The number of nitrogens with one attached hydrogen (secondary N) is 3. The Labute approximate surface area is 233 Å². The molecule has 208 valence electrons. The maximum absolute atomic E-state index is 14.0. The minimum absolute atomic E-state index is 0.135. The number of para-hydroxylation sites is 1. The van der Waals surface area contributed by atoms with Gasteiger partial charge in [0, 0.05) is 23.1 Å². The molecule has 40 heavy (non-hydrogen) atoms. The Kier molecular flexibility index (Phi) is 8.34. The van der Waals surface area contributed by atoms with Crippen molar-refractivity contribution in [1.82, 2.24) is 15.2 Å². The van der Waals surface area contributed by atoms with Crippen LogP contribution >= 0.6 is 0 Å². The van der Waals surface area contributed by atoms with Crippen LogP contribution < -0.4 is 15.4 Å². The second-order valence-corrected chi connectivity index (χ2v) is 10.8. The third kappa shape index (κ3) is 5.96. The van der Waals surface area contributed by atoms with Gasteiger partial charge in [-0.3, -0.25) is 14.4 Å². The Morgan fingerprint density at radius 1 is 1.10 bits per heavy atom. The van der Waals surface area contributed by atoms with Crippen molar-refractivity contribution in [3.63, 3.8) is 0 Å². The SMILES string of the molecule is COc1cccc2[nH]c(C(=O)NC(CC3CCCCC3)C(=O)N3CC(C(=O)Nc4ccccc4)CC3C#N)cc12. The number of rotatable bonds is 8. The van der Waals surface area contributed by atoms with E-state index in [-0.39, 0.29) is 24.8 Å². The smallest absolute Gasteiger partial charge is 0.268 e. The molecule has 1 saturated carbocycles.